The third kappa shape index (κ3) is 3.97. The van der Waals surface area contributed by atoms with E-state index in [1.54, 1.807) is 48.5 Å². The van der Waals surface area contributed by atoms with Crippen LogP contribution in [0.2, 0.25) is 0 Å². The molecule has 0 unspecified atom stereocenters. The summed E-state index contributed by atoms with van der Waals surface area (Å²) in [5, 5.41) is 0. The van der Waals surface area contributed by atoms with E-state index in [4.69, 9.17) is 8.85 Å². The summed E-state index contributed by atoms with van der Waals surface area (Å²) in [4.78, 5) is 0. The lowest BCUT2D eigenvalue weighted by molar-refractivity contribution is 0.397. The summed E-state index contributed by atoms with van der Waals surface area (Å²) >= 11 is 0. The van der Waals surface area contributed by atoms with Crippen molar-refractivity contribution < 1.29 is 17.1 Å². The molecule has 0 aliphatic rings. The Balaban J connectivity index is 1.91. The second-order valence-electron chi connectivity index (χ2n) is 3.45. The molecule has 2 nitrogen and oxygen atoms in total. The van der Waals surface area contributed by atoms with Gasteiger partial charge in [0.25, 0.3) is 0 Å². The lowest BCUT2D eigenvalue weighted by atomic mass is 10.3. The van der Waals surface area contributed by atoms with Gasteiger partial charge in [0.05, 0.1) is 0 Å². The van der Waals surface area contributed by atoms with Crippen LogP contribution in [0, 0.1) is 0 Å². The summed E-state index contributed by atoms with van der Waals surface area (Å²) in [6.45, 7) is 0. The highest BCUT2D eigenvalue weighted by molar-refractivity contribution is 7.11. The fourth-order valence-corrected chi connectivity index (χ4v) is 3.30. The highest BCUT2D eigenvalue weighted by Gasteiger charge is 2.45. The molecule has 2 aromatic rings. The smallest absolute Gasteiger partial charge is 0.535 e. The first-order valence-corrected chi connectivity index (χ1v) is 8.84. The van der Waals surface area contributed by atoms with Gasteiger partial charge in [0.1, 0.15) is 11.5 Å². The SMILES string of the molecule is F[Si](F)(Oc1ccccc1)[Si]Oc1ccccc1. The van der Waals surface area contributed by atoms with E-state index in [2.05, 4.69) is 0 Å². The Bertz CT molecular complexity index is 480. The van der Waals surface area contributed by atoms with Crippen LogP contribution in [0.4, 0.5) is 8.22 Å². The van der Waals surface area contributed by atoms with Crippen molar-refractivity contribution in [1.82, 2.24) is 0 Å². The molecule has 2 aromatic carbocycles. The lowest BCUT2D eigenvalue weighted by Gasteiger charge is -2.14. The molecule has 18 heavy (non-hydrogen) atoms. The van der Waals surface area contributed by atoms with Crippen molar-refractivity contribution in [3.8, 4) is 11.5 Å². The van der Waals surface area contributed by atoms with Gasteiger partial charge in [-0.2, -0.15) is 0 Å². The molecule has 0 aliphatic carbocycles. The van der Waals surface area contributed by atoms with Gasteiger partial charge in [-0.25, -0.2) is 8.22 Å². The molecule has 0 aromatic heterocycles. The van der Waals surface area contributed by atoms with Gasteiger partial charge in [-0.15, -0.1) is 0 Å². The molecule has 0 amide bonds. The van der Waals surface area contributed by atoms with E-state index in [1.165, 1.54) is 12.1 Å². The molecule has 0 saturated carbocycles. The Morgan fingerprint density at radius 1 is 0.778 bits per heavy atom. The van der Waals surface area contributed by atoms with E-state index in [-0.39, 0.29) is 5.75 Å². The van der Waals surface area contributed by atoms with E-state index < -0.39 is 17.8 Å². The van der Waals surface area contributed by atoms with Gasteiger partial charge in [0.2, 0.25) is 0 Å². The van der Waals surface area contributed by atoms with Crippen LogP contribution in [0.5, 0.6) is 11.5 Å². The topological polar surface area (TPSA) is 18.5 Å². The average molecular weight is 280 g/mol. The maximum absolute atomic E-state index is 13.6. The van der Waals surface area contributed by atoms with Crippen molar-refractivity contribution in [2.45, 2.75) is 0 Å². The van der Waals surface area contributed by atoms with Gasteiger partial charge in [0, 0.05) is 0 Å². The number of halogens is 2. The molecule has 0 atom stereocenters. The highest BCUT2D eigenvalue weighted by atomic mass is 29.3. The second-order valence-corrected chi connectivity index (χ2v) is 7.45. The monoisotopic (exact) mass is 280 g/mol. The second kappa shape index (κ2) is 5.79. The van der Waals surface area contributed by atoms with Crippen molar-refractivity contribution >= 4 is 17.8 Å². The fourth-order valence-electron chi connectivity index (χ4n) is 1.26. The molecule has 0 saturated heterocycles. The van der Waals surface area contributed by atoms with Crippen LogP contribution < -0.4 is 8.85 Å². The predicted molar refractivity (Wildman–Crippen MR) is 67.9 cm³/mol. The Labute approximate surface area is 107 Å². The zero-order chi connectivity index (χ0) is 12.8. The van der Waals surface area contributed by atoms with Crippen molar-refractivity contribution in [3.05, 3.63) is 60.7 Å². The van der Waals surface area contributed by atoms with Crippen LogP contribution in [-0.2, 0) is 0 Å². The van der Waals surface area contributed by atoms with E-state index in [0.717, 1.165) is 0 Å². The fraction of sp³-hybridized carbons (Fsp3) is 0. The Morgan fingerprint density at radius 2 is 1.28 bits per heavy atom. The molecule has 0 heterocycles. The molecule has 6 heteroatoms. The number of rotatable bonds is 5. The molecule has 2 rings (SSSR count). The third-order valence-corrected chi connectivity index (χ3v) is 4.41. The van der Waals surface area contributed by atoms with Gasteiger partial charge in [-0.05, 0) is 24.3 Å². The molecular weight excluding hydrogens is 270 g/mol. The number of hydrogen-bond donors (Lipinski definition) is 0. The van der Waals surface area contributed by atoms with Gasteiger partial charge in [-0.3, -0.25) is 0 Å². The van der Waals surface area contributed by atoms with E-state index in [9.17, 15) is 8.22 Å². The quantitative estimate of drug-likeness (QED) is 0.619. The molecule has 0 aliphatic heterocycles. The van der Waals surface area contributed by atoms with Crippen molar-refractivity contribution in [2.75, 3.05) is 0 Å². The van der Waals surface area contributed by atoms with Gasteiger partial charge < -0.3 is 8.85 Å². The minimum atomic E-state index is -4.82. The summed E-state index contributed by atoms with van der Waals surface area (Å²) in [7, 11) is -5.78. The van der Waals surface area contributed by atoms with Crippen LogP contribution in [0.3, 0.4) is 0 Å². The Hall–Kier alpha value is -1.67. The predicted octanol–water partition coefficient (Wildman–Crippen LogP) is 3.14. The normalized spacial score (nSPS) is 11.0. The van der Waals surface area contributed by atoms with Gasteiger partial charge in [0.15, 0.2) is 0 Å². The summed E-state index contributed by atoms with van der Waals surface area (Å²) in [6, 6.07) is 16.6. The average Bonchev–Trinajstić information content (AvgIpc) is 2.38. The van der Waals surface area contributed by atoms with Crippen molar-refractivity contribution in [2.24, 2.45) is 0 Å². The molecule has 0 fully saturated rings. The maximum atomic E-state index is 13.6. The first-order valence-electron chi connectivity index (χ1n) is 5.27. The Kier molecular flexibility index (Phi) is 4.11. The van der Waals surface area contributed by atoms with Crippen LogP contribution in [0.25, 0.3) is 0 Å². The van der Waals surface area contributed by atoms with Crippen LogP contribution in [0.1, 0.15) is 0 Å². The Morgan fingerprint density at radius 3 is 1.83 bits per heavy atom. The van der Waals surface area contributed by atoms with E-state index in [0.29, 0.717) is 5.75 Å². The zero-order valence-corrected chi connectivity index (χ0v) is 11.3. The number of para-hydroxylation sites is 2. The zero-order valence-electron chi connectivity index (χ0n) is 9.35. The summed E-state index contributed by atoms with van der Waals surface area (Å²) in [5.74, 6) is 0.609. The van der Waals surface area contributed by atoms with Gasteiger partial charge in [-0.1, -0.05) is 36.4 Å². The molecule has 0 bridgehead atoms. The highest BCUT2D eigenvalue weighted by Crippen LogP contribution is 2.17. The molecule has 0 spiro atoms. The van der Waals surface area contributed by atoms with E-state index in [1.807, 2.05) is 0 Å². The minimum absolute atomic E-state index is 0.179. The van der Waals surface area contributed by atoms with Gasteiger partial charge >= 0.3 is 17.8 Å². The summed E-state index contributed by atoms with van der Waals surface area (Å²) < 4.78 is 37.0. The first kappa shape index (κ1) is 12.8. The molecule has 0 N–H and O–H groups in total. The minimum Gasteiger partial charge on any atom is -0.535 e. The summed E-state index contributed by atoms with van der Waals surface area (Å²) in [5.41, 5.74) is 0. The standard InChI is InChI=1S/C12H10F2O2Si2/c13-18(14,16-12-9-5-2-6-10-12)17-15-11-7-3-1-4-8-11/h1-10H. The van der Waals surface area contributed by atoms with Crippen molar-refractivity contribution in [3.63, 3.8) is 0 Å². The largest absolute Gasteiger partial charge is 0.656 e. The maximum Gasteiger partial charge on any atom is 0.656 e. The third-order valence-electron chi connectivity index (χ3n) is 2.02. The van der Waals surface area contributed by atoms with E-state index >= 15 is 0 Å². The number of benzene rings is 2. The van der Waals surface area contributed by atoms with Crippen molar-refractivity contribution in [1.29, 1.82) is 0 Å². The van der Waals surface area contributed by atoms with Crippen LogP contribution >= 0.6 is 0 Å². The van der Waals surface area contributed by atoms with Crippen LogP contribution in [0.15, 0.2) is 60.7 Å². The first-order chi connectivity index (χ1) is 8.66. The summed E-state index contributed by atoms with van der Waals surface area (Å²) in [6.07, 6.45) is 0. The number of hydrogen-bond acceptors (Lipinski definition) is 2. The lowest BCUT2D eigenvalue weighted by Crippen LogP contribution is -2.42. The molecule has 2 radical (unpaired) electrons. The van der Waals surface area contributed by atoms with Crippen LogP contribution in [-0.4, -0.2) is 17.8 Å². The molecular formula is C12H10F2O2Si2. The molecule has 92 valence electrons.